The Bertz CT molecular complexity index is 1220. The molecule has 1 atom stereocenters. The van der Waals surface area contributed by atoms with E-state index < -0.39 is 30.4 Å². The number of amides is 2. The van der Waals surface area contributed by atoms with Crippen LogP contribution in [0.5, 0.6) is 0 Å². The summed E-state index contributed by atoms with van der Waals surface area (Å²) in [6, 6.07) is 20.1. The quantitative estimate of drug-likeness (QED) is 0.419. The van der Waals surface area contributed by atoms with Crippen LogP contribution in [0.25, 0.3) is 11.1 Å². The van der Waals surface area contributed by atoms with Gasteiger partial charge in [0.2, 0.25) is 5.91 Å². The minimum absolute atomic E-state index is 0.148. The fraction of sp³-hybridized carbons (Fsp3) is 0.120. The fourth-order valence-electron chi connectivity index (χ4n) is 3.85. The normalized spacial score (nSPS) is 12.4. The fourth-order valence-corrected chi connectivity index (χ4v) is 3.85. The Morgan fingerprint density at radius 3 is 2.19 bits per heavy atom. The molecule has 0 spiro atoms. The van der Waals surface area contributed by atoms with Crippen molar-refractivity contribution in [1.29, 1.82) is 0 Å². The Hall–Kier alpha value is -4.26. The molecule has 2 amide bonds. The summed E-state index contributed by atoms with van der Waals surface area (Å²) in [5.41, 5.74) is 3.27. The van der Waals surface area contributed by atoms with Crippen LogP contribution in [0.4, 0.5) is 0 Å². The molecule has 0 aliphatic heterocycles. The molecule has 7 nitrogen and oxygen atoms in total. The summed E-state index contributed by atoms with van der Waals surface area (Å²) in [6.07, 6.45) is 0.183. The minimum Gasteiger partial charge on any atom is -0.480 e. The molecule has 160 valence electrons. The number of fused-ring (bicyclic) bond motifs is 3. The standard InChI is InChI=1S/C25H20N2O5/c28-21(29)14-26-25(32)20(13-15-7-2-1-3-8-15)27-24(31)19-12-6-11-18-22(19)16-9-4-5-10-17(16)23(18)30/h1-12,20H,13-14H2,(H,26,32)(H,27,31)(H,28,29). The Labute approximate surface area is 184 Å². The molecular weight excluding hydrogens is 408 g/mol. The van der Waals surface area contributed by atoms with Crippen molar-refractivity contribution in [2.75, 3.05) is 6.54 Å². The van der Waals surface area contributed by atoms with Gasteiger partial charge < -0.3 is 15.7 Å². The monoisotopic (exact) mass is 428 g/mol. The van der Waals surface area contributed by atoms with E-state index in [0.29, 0.717) is 22.3 Å². The van der Waals surface area contributed by atoms with Crippen LogP contribution in [0.1, 0.15) is 31.8 Å². The molecule has 0 aromatic heterocycles. The summed E-state index contributed by atoms with van der Waals surface area (Å²) in [7, 11) is 0. The molecule has 3 aromatic rings. The number of ketones is 1. The van der Waals surface area contributed by atoms with Crippen molar-refractivity contribution in [3.8, 4) is 11.1 Å². The first-order chi connectivity index (χ1) is 15.5. The van der Waals surface area contributed by atoms with Gasteiger partial charge in [0.15, 0.2) is 5.78 Å². The van der Waals surface area contributed by atoms with E-state index in [1.807, 2.05) is 30.3 Å². The van der Waals surface area contributed by atoms with E-state index in [2.05, 4.69) is 10.6 Å². The first-order valence-corrected chi connectivity index (χ1v) is 10.1. The number of rotatable bonds is 7. The van der Waals surface area contributed by atoms with Gasteiger partial charge in [-0.2, -0.15) is 0 Å². The molecular formula is C25H20N2O5. The molecule has 1 aliphatic rings. The molecule has 0 radical (unpaired) electrons. The number of nitrogens with one attached hydrogen (secondary N) is 2. The van der Waals surface area contributed by atoms with Crippen molar-refractivity contribution in [1.82, 2.24) is 10.6 Å². The largest absolute Gasteiger partial charge is 0.480 e. The van der Waals surface area contributed by atoms with Crippen LogP contribution < -0.4 is 10.6 Å². The van der Waals surface area contributed by atoms with Crippen molar-refractivity contribution < 1.29 is 24.3 Å². The first kappa shape index (κ1) is 21.0. The summed E-state index contributed by atoms with van der Waals surface area (Å²) >= 11 is 0. The highest BCUT2D eigenvalue weighted by Crippen LogP contribution is 2.38. The Morgan fingerprint density at radius 1 is 0.812 bits per heavy atom. The molecule has 0 fully saturated rings. The predicted octanol–water partition coefficient (Wildman–Crippen LogP) is 2.44. The lowest BCUT2D eigenvalue weighted by Gasteiger charge is -2.19. The van der Waals surface area contributed by atoms with E-state index in [1.54, 1.807) is 42.5 Å². The SMILES string of the molecule is O=C(O)CNC(=O)C(Cc1ccccc1)NC(=O)c1cccc2c1-c1ccccc1C2=O. The van der Waals surface area contributed by atoms with Gasteiger partial charge in [-0.05, 0) is 17.2 Å². The maximum absolute atomic E-state index is 13.2. The summed E-state index contributed by atoms with van der Waals surface area (Å²) in [5.74, 6) is -2.45. The Balaban J connectivity index is 1.64. The zero-order valence-electron chi connectivity index (χ0n) is 17.0. The highest BCUT2D eigenvalue weighted by atomic mass is 16.4. The lowest BCUT2D eigenvalue weighted by Crippen LogP contribution is -2.49. The van der Waals surface area contributed by atoms with Crippen molar-refractivity contribution >= 4 is 23.6 Å². The molecule has 4 rings (SSSR count). The second-order valence-electron chi connectivity index (χ2n) is 7.43. The van der Waals surface area contributed by atoms with Gasteiger partial charge in [0, 0.05) is 28.7 Å². The summed E-state index contributed by atoms with van der Waals surface area (Å²) in [4.78, 5) is 49.5. The van der Waals surface area contributed by atoms with Gasteiger partial charge in [-0.1, -0.05) is 66.7 Å². The van der Waals surface area contributed by atoms with Crippen molar-refractivity contribution in [3.05, 3.63) is 95.1 Å². The van der Waals surface area contributed by atoms with E-state index >= 15 is 0 Å². The Kier molecular flexibility index (Phi) is 5.81. The van der Waals surface area contributed by atoms with Gasteiger partial charge in [0.05, 0.1) is 0 Å². The number of hydrogen-bond acceptors (Lipinski definition) is 4. The van der Waals surface area contributed by atoms with Crippen LogP contribution in [-0.4, -0.2) is 41.3 Å². The molecule has 3 aromatic carbocycles. The molecule has 0 saturated heterocycles. The van der Waals surface area contributed by atoms with Crippen LogP contribution >= 0.6 is 0 Å². The average Bonchev–Trinajstić information content (AvgIpc) is 3.10. The van der Waals surface area contributed by atoms with E-state index in [4.69, 9.17) is 5.11 Å². The molecule has 32 heavy (non-hydrogen) atoms. The zero-order valence-corrected chi connectivity index (χ0v) is 17.0. The average molecular weight is 428 g/mol. The van der Waals surface area contributed by atoms with Crippen molar-refractivity contribution in [2.24, 2.45) is 0 Å². The lowest BCUT2D eigenvalue weighted by atomic mass is 9.98. The third kappa shape index (κ3) is 4.13. The topological polar surface area (TPSA) is 113 Å². The summed E-state index contributed by atoms with van der Waals surface area (Å²) in [6.45, 7) is -0.553. The molecule has 0 saturated carbocycles. The van der Waals surface area contributed by atoms with E-state index in [-0.39, 0.29) is 17.8 Å². The second-order valence-corrected chi connectivity index (χ2v) is 7.43. The van der Waals surface area contributed by atoms with E-state index in [1.165, 1.54) is 0 Å². The van der Waals surface area contributed by atoms with Gasteiger partial charge >= 0.3 is 5.97 Å². The smallest absolute Gasteiger partial charge is 0.322 e. The van der Waals surface area contributed by atoms with Crippen LogP contribution in [-0.2, 0) is 16.0 Å². The molecule has 7 heteroatoms. The van der Waals surface area contributed by atoms with Gasteiger partial charge in [-0.15, -0.1) is 0 Å². The molecule has 1 aliphatic carbocycles. The van der Waals surface area contributed by atoms with Crippen LogP contribution in [0.15, 0.2) is 72.8 Å². The predicted molar refractivity (Wildman–Crippen MR) is 117 cm³/mol. The zero-order chi connectivity index (χ0) is 22.7. The number of carbonyl (C=O) groups is 4. The summed E-state index contributed by atoms with van der Waals surface area (Å²) < 4.78 is 0. The maximum Gasteiger partial charge on any atom is 0.322 e. The summed E-state index contributed by atoms with van der Waals surface area (Å²) in [5, 5.41) is 13.9. The second kappa shape index (κ2) is 8.85. The van der Waals surface area contributed by atoms with Crippen molar-refractivity contribution in [3.63, 3.8) is 0 Å². The van der Waals surface area contributed by atoms with Gasteiger partial charge in [-0.3, -0.25) is 19.2 Å². The highest BCUT2D eigenvalue weighted by molar-refractivity contribution is 6.24. The third-order valence-corrected chi connectivity index (χ3v) is 5.31. The van der Waals surface area contributed by atoms with E-state index in [9.17, 15) is 19.2 Å². The van der Waals surface area contributed by atoms with Gasteiger partial charge in [-0.25, -0.2) is 0 Å². The van der Waals surface area contributed by atoms with Crippen LogP contribution in [0.3, 0.4) is 0 Å². The number of benzene rings is 3. The number of hydrogen-bond donors (Lipinski definition) is 3. The first-order valence-electron chi connectivity index (χ1n) is 10.1. The third-order valence-electron chi connectivity index (χ3n) is 5.31. The van der Waals surface area contributed by atoms with Gasteiger partial charge in [0.1, 0.15) is 12.6 Å². The molecule has 0 bridgehead atoms. The van der Waals surface area contributed by atoms with Crippen molar-refractivity contribution in [2.45, 2.75) is 12.5 Å². The molecule has 0 heterocycles. The van der Waals surface area contributed by atoms with Crippen LogP contribution in [0, 0.1) is 0 Å². The number of aliphatic carboxylic acids is 1. The van der Waals surface area contributed by atoms with Gasteiger partial charge in [0.25, 0.3) is 5.91 Å². The van der Waals surface area contributed by atoms with E-state index in [0.717, 1.165) is 5.56 Å². The lowest BCUT2D eigenvalue weighted by molar-refractivity contribution is -0.138. The Morgan fingerprint density at radius 2 is 1.47 bits per heavy atom. The highest BCUT2D eigenvalue weighted by Gasteiger charge is 2.31. The molecule has 3 N–H and O–H groups in total. The minimum atomic E-state index is -1.18. The maximum atomic E-state index is 13.2. The number of carboxylic acids is 1. The van der Waals surface area contributed by atoms with Crippen LogP contribution in [0.2, 0.25) is 0 Å². The number of carboxylic acid groups (broad SMARTS) is 1. The number of carbonyl (C=O) groups excluding carboxylic acids is 3. The molecule has 1 unspecified atom stereocenters.